The van der Waals surface area contributed by atoms with E-state index in [9.17, 15) is 0 Å². The molecule has 0 spiro atoms. The monoisotopic (exact) mass is 301 g/mol. The zero-order chi connectivity index (χ0) is 15.6. The Kier molecular flexibility index (Phi) is 3.24. The van der Waals surface area contributed by atoms with Crippen molar-refractivity contribution in [2.45, 2.75) is 6.92 Å². The first-order valence-corrected chi connectivity index (χ1v) is 7.39. The van der Waals surface area contributed by atoms with Crippen LogP contribution in [-0.2, 0) is 0 Å². The van der Waals surface area contributed by atoms with Gasteiger partial charge in [0, 0.05) is 35.2 Å². The maximum absolute atomic E-state index is 4.63. The number of fused-ring (bicyclic) bond motifs is 1. The molecule has 5 heteroatoms. The summed E-state index contributed by atoms with van der Waals surface area (Å²) in [6.07, 6.45) is 5.46. The third-order valence-electron chi connectivity index (χ3n) is 3.77. The number of pyridine rings is 1. The Bertz CT molecular complexity index is 974. The minimum absolute atomic E-state index is 0.579. The molecule has 0 amide bonds. The van der Waals surface area contributed by atoms with E-state index in [0.29, 0.717) is 5.95 Å². The molecule has 0 aliphatic rings. The fourth-order valence-electron chi connectivity index (χ4n) is 2.57. The van der Waals surface area contributed by atoms with Gasteiger partial charge in [0.15, 0.2) is 0 Å². The zero-order valence-corrected chi connectivity index (χ0v) is 12.6. The summed E-state index contributed by atoms with van der Waals surface area (Å²) in [5.74, 6) is 0.579. The first-order chi connectivity index (χ1) is 11.3. The summed E-state index contributed by atoms with van der Waals surface area (Å²) in [5, 5.41) is 4.32. The van der Waals surface area contributed by atoms with Crippen molar-refractivity contribution in [1.29, 1.82) is 0 Å². The zero-order valence-electron chi connectivity index (χ0n) is 12.6. The summed E-state index contributed by atoms with van der Waals surface area (Å²) in [4.78, 5) is 16.4. The van der Waals surface area contributed by atoms with Crippen LogP contribution in [0, 0.1) is 6.92 Å². The third-order valence-corrected chi connectivity index (χ3v) is 3.77. The summed E-state index contributed by atoms with van der Waals surface area (Å²) in [6, 6.07) is 13.9. The number of hydrogen-bond acceptors (Lipinski definition) is 4. The minimum atomic E-state index is 0.579. The van der Waals surface area contributed by atoms with Crippen molar-refractivity contribution in [2.75, 3.05) is 5.32 Å². The van der Waals surface area contributed by atoms with E-state index in [1.165, 1.54) is 0 Å². The van der Waals surface area contributed by atoms with Crippen molar-refractivity contribution < 1.29 is 0 Å². The smallest absolute Gasteiger partial charge is 0.227 e. The lowest BCUT2D eigenvalue weighted by atomic mass is 10.1. The molecule has 0 saturated heterocycles. The van der Waals surface area contributed by atoms with Crippen LogP contribution in [0.5, 0.6) is 0 Å². The van der Waals surface area contributed by atoms with Gasteiger partial charge in [-0.25, -0.2) is 15.0 Å². The molecule has 2 N–H and O–H groups in total. The van der Waals surface area contributed by atoms with Gasteiger partial charge in [-0.2, -0.15) is 0 Å². The first-order valence-electron chi connectivity index (χ1n) is 7.39. The molecule has 1 aromatic carbocycles. The molecule has 5 nitrogen and oxygen atoms in total. The van der Waals surface area contributed by atoms with Crippen LogP contribution in [0.4, 0.5) is 11.6 Å². The van der Waals surface area contributed by atoms with Crippen LogP contribution in [-0.4, -0.2) is 19.9 Å². The standard InChI is InChI=1S/C18H15N5/c1-12-5-2-3-7-15(12)22-18-20-10-8-16(23-18)14-11-21-17-13(14)6-4-9-19-17/h2-11H,1H3,(H,19,21)(H,20,22,23). The van der Waals surface area contributed by atoms with Gasteiger partial charge in [-0.05, 0) is 36.8 Å². The maximum Gasteiger partial charge on any atom is 0.227 e. The normalized spacial score (nSPS) is 10.8. The fourth-order valence-corrected chi connectivity index (χ4v) is 2.57. The topological polar surface area (TPSA) is 66.5 Å². The van der Waals surface area contributed by atoms with Crippen molar-refractivity contribution >= 4 is 22.7 Å². The van der Waals surface area contributed by atoms with Crippen LogP contribution in [0.2, 0.25) is 0 Å². The van der Waals surface area contributed by atoms with Gasteiger partial charge in [-0.1, -0.05) is 18.2 Å². The number of hydrogen-bond donors (Lipinski definition) is 2. The molecule has 0 aliphatic carbocycles. The van der Waals surface area contributed by atoms with Crippen molar-refractivity contribution in [2.24, 2.45) is 0 Å². The molecular weight excluding hydrogens is 286 g/mol. The number of aromatic nitrogens is 4. The number of nitrogens with zero attached hydrogens (tertiary/aromatic N) is 3. The molecule has 3 heterocycles. The van der Waals surface area contributed by atoms with Crippen molar-refractivity contribution in [3.63, 3.8) is 0 Å². The second-order valence-electron chi connectivity index (χ2n) is 5.31. The van der Waals surface area contributed by atoms with Crippen molar-refractivity contribution in [1.82, 2.24) is 19.9 Å². The summed E-state index contributed by atoms with van der Waals surface area (Å²) in [6.45, 7) is 2.05. The maximum atomic E-state index is 4.63. The Labute approximate surface area is 133 Å². The Morgan fingerprint density at radius 3 is 2.78 bits per heavy atom. The second kappa shape index (κ2) is 5.53. The van der Waals surface area contributed by atoms with E-state index < -0.39 is 0 Å². The number of H-pyrrole nitrogens is 1. The summed E-state index contributed by atoms with van der Waals surface area (Å²) >= 11 is 0. The van der Waals surface area contributed by atoms with E-state index in [0.717, 1.165) is 33.5 Å². The largest absolute Gasteiger partial charge is 0.345 e. The highest BCUT2D eigenvalue weighted by Crippen LogP contribution is 2.27. The molecule has 3 aromatic heterocycles. The van der Waals surface area contributed by atoms with Gasteiger partial charge in [0.2, 0.25) is 5.95 Å². The van der Waals surface area contributed by atoms with Crippen LogP contribution in [0.3, 0.4) is 0 Å². The number of benzene rings is 1. The van der Waals surface area contributed by atoms with Crippen LogP contribution in [0.25, 0.3) is 22.3 Å². The number of nitrogens with one attached hydrogen (secondary N) is 2. The Morgan fingerprint density at radius 2 is 1.87 bits per heavy atom. The van der Waals surface area contributed by atoms with Gasteiger partial charge in [0.25, 0.3) is 0 Å². The molecule has 4 rings (SSSR count). The van der Waals surface area contributed by atoms with Crippen LogP contribution in [0.15, 0.2) is 61.1 Å². The number of para-hydroxylation sites is 1. The Balaban J connectivity index is 1.73. The summed E-state index contributed by atoms with van der Waals surface area (Å²) < 4.78 is 0. The van der Waals surface area contributed by atoms with Crippen molar-refractivity contribution in [3.8, 4) is 11.3 Å². The van der Waals surface area contributed by atoms with Gasteiger partial charge in [-0.15, -0.1) is 0 Å². The molecule has 0 fully saturated rings. The SMILES string of the molecule is Cc1ccccc1Nc1nccc(-c2c[nH]c3ncccc23)n1. The average molecular weight is 301 g/mol. The first kappa shape index (κ1) is 13.5. The van der Waals surface area contributed by atoms with Gasteiger partial charge in [0.1, 0.15) is 5.65 Å². The Morgan fingerprint density at radius 1 is 0.957 bits per heavy atom. The van der Waals surface area contributed by atoms with E-state index in [1.807, 2.05) is 42.6 Å². The molecule has 0 unspecified atom stereocenters. The van der Waals surface area contributed by atoms with Crippen LogP contribution >= 0.6 is 0 Å². The minimum Gasteiger partial charge on any atom is -0.345 e. The van der Waals surface area contributed by atoms with Gasteiger partial charge < -0.3 is 10.3 Å². The molecule has 0 saturated carbocycles. The van der Waals surface area contributed by atoms with E-state index in [1.54, 1.807) is 12.4 Å². The predicted octanol–water partition coefficient (Wildman–Crippen LogP) is 4.07. The van der Waals surface area contributed by atoms with E-state index in [-0.39, 0.29) is 0 Å². The molecule has 23 heavy (non-hydrogen) atoms. The molecular formula is C18H15N5. The van der Waals surface area contributed by atoms with E-state index >= 15 is 0 Å². The highest BCUT2D eigenvalue weighted by atomic mass is 15.1. The predicted molar refractivity (Wildman–Crippen MR) is 91.6 cm³/mol. The molecule has 0 atom stereocenters. The van der Waals surface area contributed by atoms with Crippen LogP contribution < -0.4 is 5.32 Å². The molecule has 0 aliphatic heterocycles. The van der Waals surface area contributed by atoms with Crippen molar-refractivity contribution in [3.05, 3.63) is 66.6 Å². The summed E-state index contributed by atoms with van der Waals surface area (Å²) in [7, 11) is 0. The van der Waals surface area contributed by atoms with Gasteiger partial charge >= 0.3 is 0 Å². The lowest BCUT2D eigenvalue weighted by Gasteiger charge is -2.08. The number of aryl methyl sites for hydroxylation is 1. The van der Waals surface area contributed by atoms with E-state index in [2.05, 4.69) is 38.2 Å². The fraction of sp³-hybridized carbons (Fsp3) is 0.0556. The lowest BCUT2D eigenvalue weighted by Crippen LogP contribution is -1.99. The quantitative estimate of drug-likeness (QED) is 0.598. The molecule has 4 aromatic rings. The lowest BCUT2D eigenvalue weighted by molar-refractivity contribution is 1.17. The highest BCUT2D eigenvalue weighted by Gasteiger charge is 2.09. The Hall–Kier alpha value is -3.21. The molecule has 0 radical (unpaired) electrons. The summed E-state index contributed by atoms with van der Waals surface area (Å²) in [5.41, 5.74) is 4.89. The second-order valence-corrected chi connectivity index (χ2v) is 5.31. The number of aromatic amines is 1. The highest BCUT2D eigenvalue weighted by molar-refractivity contribution is 5.92. The average Bonchev–Trinajstić information content (AvgIpc) is 3.01. The third kappa shape index (κ3) is 2.53. The molecule has 0 bridgehead atoms. The van der Waals surface area contributed by atoms with Gasteiger partial charge in [0.05, 0.1) is 5.69 Å². The number of rotatable bonds is 3. The van der Waals surface area contributed by atoms with Gasteiger partial charge in [-0.3, -0.25) is 0 Å². The molecule has 112 valence electrons. The number of anilines is 2. The van der Waals surface area contributed by atoms with Crippen LogP contribution in [0.1, 0.15) is 5.56 Å². The van der Waals surface area contributed by atoms with E-state index in [4.69, 9.17) is 0 Å².